The molecule has 1 heterocycles. The molecule has 2 nitrogen and oxygen atoms in total. The molecular formula is C10H14BrNOS. The van der Waals surface area contributed by atoms with E-state index in [0.717, 1.165) is 5.19 Å². The van der Waals surface area contributed by atoms with E-state index in [1.807, 2.05) is 0 Å². The summed E-state index contributed by atoms with van der Waals surface area (Å²) < 4.78 is 5.11. The summed E-state index contributed by atoms with van der Waals surface area (Å²) in [4.78, 5) is 5.12. The van der Waals surface area contributed by atoms with Crippen LogP contribution in [-0.4, -0.2) is 16.9 Å². The molecule has 0 saturated heterocycles. The second kappa shape index (κ2) is 4.19. The van der Waals surface area contributed by atoms with E-state index in [0.29, 0.717) is 16.7 Å². The molecule has 0 spiro atoms. The topological polar surface area (TPSA) is 22.1 Å². The maximum Gasteiger partial charge on any atom is 0.273 e. The average molecular weight is 276 g/mol. The van der Waals surface area contributed by atoms with Gasteiger partial charge < -0.3 is 4.74 Å². The summed E-state index contributed by atoms with van der Waals surface area (Å²) in [6.45, 7) is 2.29. The number of alkyl halides is 1. The van der Waals surface area contributed by atoms with E-state index in [9.17, 15) is 0 Å². The Morgan fingerprint density at radius 2 is 2.36 bits per heavy atom. The summed E-state index contributed by atoms with van der Waals surface area (Å²) >= 11 is 5.30. The minimum atomic E-state index is 0.611. The minimum Gasteiger partial charge on any atom is -0.473 e. The summed E-state index contributed by atoms with van der Waals surface area (Å²) in [5, 5.41) is 2.91. The van der Waals surface area contributed by atoms with Crippen molar-refractivity contribution in [2.45, 2.75) is 30.5 Å². The first kappa shape index (κ1) is 10.4. The van der Waals surface area contributed by atoms with Gasteiger partial charge >= 0.3 is 0 Å². The molecule has 1 saturated carbocycles. The number of hydrogen-bond acceptors (Lipinski definition) is 3. The van der Waals surface area contributed by atoms with Gasteiger partial charge in [0.15, 0.2) is 0 Å². The minimum absolute atomic E-state index is 0.611. The molecule has 0 radical (unpaired) electrons. The molecule has 1 aromatic heterocycles. The van der Waals surface area contributed by atoms with Crippen LogP contribution in [0, 0.1) is 5.92 Å². The van der Waals surface area contributed by atoms with E-state index in [1.54, 1.807) is 18.4 Å². The smallest absolute Gasteiger partial charge is 0.273 e. The lowest BCUT2D eigenvalue weighted by atomic mass is 9.95. The number of hydrogen-bond donors (Lipinski definition) is 0. The summed E-state index contributed by atoms with van der Waals surface area (Å²) in [7, 11) is 1.67. The lowest BCUT2D eigenvalue weighted by Crippen LogP contribution is -2.09. The van der Waals surface area contributed by atoms with Crippen LogP contribution in [-0.2, 0) is 0 Å². The summed E-state index contributed by atoms with van der Waals surface area (Å²) in [6.07, 6.45) is 2.50. The van der Waals surface area contributed by atoms with E-state index in [1.165, 1.54) is 18.5 Å². The number of aromatic nitrogens is 1. The molecular weight excluding hydrogens is 262 g/mol. The molecule has 1 aromatic rings. The second-order valence-corrected chi connectivity index (χ2v) is 5.80. The Bertz CT molecular complexity index is 315. The number of ether oxygens (including phenoxy) is 1. The Morgan fingerprint density at radius 3 is 2.86 bits per heavy atom. The van der Waals surface area contributed by atoms with Crippen molar-refractivity contribution < 1.29 is 4.74 Å². The number of halogens is 1. The highest BCUT2D eigenvalue weighted by Crippen LogP contribution is 2.43. The maximum atomic E-state index is 5.11. The van der Waals surface area contributed by atoms with Gasteiger partial charge in [-0.25, -0.2) is 4.98 Å². The van der Waals surface area contributed by atoms with Crippen molar-refractivity contribution in [3.05, 3.63) is 11.1 Å². The lowest BCUT2D eigenvalue weighted by molar-refractivity contribution is 0.408. The average Bonchev–Trinajstić information content (AvgIpc) is 2.75. The third-order valence-corrected chi connectivity index (χ3v) is 5.12. The lowest BCUT2D eigenvalue weighted by Gasteiger charge is -2.14. The van der Waals surface area contributed by atoms with Crippen LogP contribution in [0.4, 0.5) is 0 Å². The Balaban J connectivity index is 2.15. The zero-order valence-corrected chi connectivity index (χ0v) is 10.8. The zero-order chi connectivity index (χ0) is 10.1. The van der Waals surface area contributed by atoms with Crippen LogP contribution >= 0.6 is 27.3 Å². The first-order valence-corrected chi connectivity index (χ1v) is 6.65. The fourth-order valence-electron chi connectivity index (χ4n) is 2.07. The Hall–Kier alpha value is -0.0900. The van der Waals surface area contributed by atoms with E-state index in [2.05, 4.69) is 33.2 Å². The molecule has 1 fully saturated rings. The fraction of sp³-hybridized carbons (Fsp3) is 0.700. The number of thiazole rings is 1. The molecule has 78 valence electrons. The van der Waals surface area contributed by atoms with Crippen molar-refractivity contribution in [2.24, 2.45) is 5.92 Å². The van der Waals surface area contributed by atoms with Crippen molar-refractivity contribution in [2.75, 3.05) is 7.11 Å². The van der Waals surface area contributed by atoms with Gasteiger partial charge in [-0.15, -0.1) is 0 Å². The van der Waals surface area contributed by atoms with Crippen LogP contribution in [0.1, 0.15) is 31.4 Å². The van der Waals surface area contributed by atoms with Gasteiger partial charge in [-0.1, -0.05) is 34.2 Å². The van der Waals surface area contributed by atoms with Gasteiger partial charge in [0.2, 0.25) is 0 Å². The Labute approximate surface area is 96.8 Å². The largest absolute Gasteiger partial charge is 0.473 e. The highest BCUT2D eigenvalue weighted by molar-refractivity contribution is 9.09. The van der Waals surface area contributed by atoms with Gasteiger partial charge in [0.05, 0.1) is 12.8 Å². The van der Waals surface area contributed by atoms with E-state index >= 15 is 0 Å². The van der Waals surface area contributed by atoms with Crippen LogP contribution < -0.4 is 4.74 Å². The van der Waals surface area contributed by atoms with Crippen molar-refractivity contribution >= 4 is 27.3 Å². The molecule has 2 rings (SSSR count). The van der Waals surface area contributed by atoms with Crippen LogP contribution in [0.5, 0.6) is 5.19 Å². The predicted octanol–water partition coefficient (Wildman–Crippen LogP) is 3.43. The standard InChI is InChI=1S/C10H14BrNOS/c1-6-7(3-4-8(6)11)9-5-14-10(12-9)13-2/h5-8H,3-4H2,1-2H3. The van der Waals surface area contributed by atoms with Gasteiger partial charge in [0.1, 0.15) is 0 Å². The fourth-order valence-corrected chi connectivity index (χ4v) is 3.40. The summed E-state index contributed by atoms with van der Waals surface area (Å²) in [5.74, 6) is 1.29. The first-order valence-electron chi connectivity index (χ1n) is 4.86. The van der Waals surface area contributed by atoms with Crippen LogP contribution in [0.2, 0.25) is 0 Å². The molecule has 4 heteroatoms. The summed E-state index contributed by atoms with van der Waals surface area (Å²) in [5.41, 5.74) is 1.21. The van der Waals surface area contributed by atoms with Crippen molar-refractivity contribution in [1.82, 2.24) is 4.98 Å². The first-order chi connectivity index (χ1) is 6.72. The molecule has 1 aliphatic rings. The van der Waals surface area contributed by atoms with Gasteiger partial charge in [-0.05, 0) is 18.8 Å². The van der Waals surface area contributed by atoms with Crippen LogP contribution in [0.3, 0.4) is 0 Å². The van der Waals surface area contributed by atoms with Crippen molar-refractivity contribution in [1.29, 1.82) is 0 Å². The number of rotatable bonds is 2. The molecule has 0 amide bonds. The Kier molecular flexibility index (Phi) is 3.12. The van der Waals surface area contributed by atoms with Gasteiger partial charge in [-0.2, -0.15) is 0 Å². The van der Waals surface area contributed by atoms with Gasteiger partial charge in [0, 0.05) is 16.1 Å². The van der Waals surface area contributed by atoms with Crippen LogP contribution in [0.15, 0.2) is 5.38 Å². The third-order valence-electron chi connectivity index (χ3n) is 3.01. The van der Waals surface area contributed by atoms with Gasteiger partial charge in [0.25, 0.3) is 5.19 Å². The molecule has 0 N–H and O–H groups in total. The second-order valence-electron chi connectivity index (χ2n) is 3.80. The maximum absolute atomic E-state index is 5.11. The summed E-state index contributed by atoms with van der Waals surface area (Å²) in [6, 6.07) is 0. The quantitative estimate of drug-likeness (QED) is 0.772. The highest BCUT2D eigenvalue weighted by atomic mass is 79.9. The molecule has 3 unspecified atom stereocenters. The number of methoxy groups -OCH3 is 1. The molecule has 14 heavy (non-hydrogen) atoms. The molecule has 3 atom stereocenters. The van der Waals surface area contributed by atoms with Crippen LogP contribution in [0.25, 0.3) is 0 Å². The molecule has 1 aliphatic carbocycles. The van der Waals surface area contributed by atoms with E-state index < -0.39 is 0 Å². The van der Waals surface area contributed by atoms with E-state index in [-0.39, 0.29) is 0 Å². The third kappa shape index (κ3) is 1.82. The normalized spacial score (nSPS) is 32.1. The molecule has 0 aliphatic heterocycles. The van der Waals surface area contributed by atoms with Gasteiger partial charge in [-0.3, -0.25) is 0 Å². The van der Waals surface area contributed by atoms with E-state index in [4.69, 9.17) is 4.74 Å². The highest BCUT2D eigenvalue weighted by Gasteiger charge is 2.33. The zero-order valence-electron chi connectivity index (χ0n) is 8.37. The number of nitrogens with zero attached hydrogens (tertiary/aromatic N) is 1. The molecule has 0 aromatic carbocycles. The van der Waals surface area contributed by atoms with Crippen molar-refractivity contribution in [3.8, 4) is 5.19 Å². The SMILES string of the molecule is COc1nc(C2CCC(Br)C2C)cs1. The molecule has 0 bridgehead atoms. The predicted molar refractivity (Wildman–Crippen MR) is 62.5 cm³/mol. The monoisotopic (exact) mass is 275 g/mol. The van der Waals surface area contributed by atoms with Crippen molar-refractivity contribution in [3.63, 3.8) is 0 Å². The Morgan fingerprint density at radius 1 is 1.57 bits per heavy atom.